The molecule has 0 bridgehead atoms. The molecular weight excluding hydrogens is 360 g/mol. The van der Waals surface area contributed by atoms with Crippen molar-refractivity contribution >= 4 is 23.2 Å². The molecule has 0 heterocycles. The van der Waals surface area contributed by atoms with Crippen LogP contribution < -0.4 is 14.2 Å². The SMILES string of the molecule is COc1ccc2c(c1)C(CC(=O)O)=C(C)C2=Cc1cc(OC)c(O)c(OC)c1. The maximum Gasteiger partial charge on any atom is 0.307 e. The molecule has 146 valence electrons. The van der Waals surface area contributed by atoms with Crippen LogP contribution in [0.3, 0.4) is 0 Å². The van der Waals surface area contributed by atoms with Crippen molar-refractivity contribution in [3.63, 3.8) is 0 Å². The van der Waals surface area contributed by atoms with Gasteiger partial charge in [-0.2, -0.15) is 0 Å². The van der Waals surface area contributed by atoms with Crippen LogP contribution in [0.25, 0.3) is 17.2 Å². The van der Waals surface area contributed by atoms with E-state index in [0.29, 0.717) is 17.2 Å². The van der Waals surface area contributed by atoms with E-state index in [1.54, 1.807) is 19.2 Å². The number of allylic oxidation sites excluding steroid dienone is 2. The van der Waals surface area contributed by atoms with Crippen LogP contribution in [0.15, 0.2) is 35.9 Å². The van der Waals surface area contributed by atoms with E-state index >= 15 is 0 Å². The van der Waals surface area contributed by atoms with Gasteiger partial charge in [0, 0.05) is 0 Å². The Morgan fingerprint density at radius 2 is 1.64 bits per heavy atom. The summed E-state index contributed by atoms with van der Waals surface area (Å²) in [6.07, 6.45) is 1.85. The molecule has 1 aliphatic rings. The summed E-state index contributed by atoms with van der Waals surface area (Å²) in [5.41, 5.74) is 5.09. The van der Waals surface area contributed by atoms with Crippen LogP contribution in [0.5, 0.6) is 23.0 Å². The number of carboxylic acids is 1. The minimum Gasteiger partial charge on any atom is -0.502 e. The average molecular weight is 382 g/mol. The summed E-state index contributed by atoms with van der Waals surface area (Å²) in [6.45, 7) is 1.91. The second-order valence-corrected chi connectivity index (χ2v) is 6.42. The normalized spacial score (nSPS) is 14.2. The first-order valence-electron chi connectivity index (χ1n) is 8.67. The molecule has 2 aromatic rings. The fourth-order valence-electron chi connectivity index (χ4n) is 3.43. The number of fused-ring (bicyclic) bond motifs is 1. The van der Waals surface area contributed by atoms with E-state index in [1.165, 1.54) is 14.2 Å². The van der Waals surface area contributed by atoms with E-state index in [0.717, 1.165) is 33.4 Å². The van der Waals surface area contributed by atoms with Crippen molar-refractivity contribution in [3.05, 3.63) is 52.6 Å². The zero-order chi connectivity index (χ0) is 20.4. The molecule has 0 unspecified atom stereocenters. The summed E-state index contributed by atoms with van der Waals surface area (Å²) < 4.78 is 15.8. The van der Waals surface area contributed by atoms with Gasteiger partial charge in [0.1, 0.15) is 5.75 Å². The molecule has 28 heavy (non-hydrogen) atoms. The summed E-state index contributed by atoms with van der Waals surface area (Å²) in [5.74, 6) is 0.307. The quantitative estimate of drug-likeness (QED) is 0.778. The number of hydrogen-bond acceptors (Lipinski definition) is 5. The lowest BCUT2D eigenvalue weighted by Crippen LogP contribution is -1.97. The van der Waals surface area contributed by atoms with E-state index in [-0.39, 0.29) is 12.2 Å². The summed E-state index contributed by atoms with van der Waals surface area (Å²) >= 11 is 0. The average Bonchev–Trinajstić information content (AvgIpc) is 2.93. The van der Waals surface area contributed by atoms with Gasteiger partial charge in [0.2, 0.25) is 5.75 Å². The molecule has 0 spiro atoms. The molecule has 0 saturated carbocycles. The Labute approximate surface area is 163 Å². The number of methoxy groups -OCH3 is 3. The molecule has 0 fully saturated rings. The number of phenolic OH excluding ortho intramolecular Hbond substituents is 1. The second-order valence-electron chi connectivity index (χ2n) is 6.42. The Kier molecular flexibility index (Phi) is 5.31. The van der Waals surface area contributed by atoms with E-state index in [1.807, 2.05) is 31.2 Å². The molecule has 3 rings (SSSR count). The van der Waals surface area contributed by atoms with Gasteiger partial charge in [-0.05, 0) is 70.7 Å². The number of carboxylic acid groups (broad SMARTS) is 1. The Balaban J connectivity index is 2.19. The fourth-order valence-corrected chi connectivity index (χ4v) is 3.43. The van der Waals surface area contributed by atoms with Crippen molar-refractivity contribution in [1.29, 1.82) is 0 Å². The van der Waals surface area contributed by atoms with Crippen LogP contribution in [-0.2, 0) is 4.79 Å². The molecule has 0 aromatic heterocycles. The highest BCUT2D eigenvalue weighted by Crippen LogP contribution is 2.46. The minimum atomic E-state index is -0.891. The molecule has 0 radical (unpaired) electrons. The number of ether oxygens (including phenoxy) is 3. The van der Waals surface area contributed by atoms with Crippen molar-refractivity contribution in [1.82, 2.24) is 0 Å². The van der Waals surface area contributed by atoms with E-state index in [2.05, 4.69) is 0 Å². The number of aromatic hydroxyl groups is 1. The van der Waals surface area contributed by atoms with Gasteiger partial charge in [0.25, 0.3) is 0 Å². The predicted octanol–water partition coefficient (Wildman–Crippen LogP) is 4.22. The molecule has 0 saturated heterocycles. The lowest BCUT2D eigenvalue weighted by atomic mass is 10.00. The number of aliphatic carboxylic acids is 1. The predicted molar refractivity (Wildman–Crippen MR) is 107 cm³/mol. The molecular formula is C22H22O6. The number of hydrogen-bond donors (Lipinski definition) is 2. The largest absolute Gasteiger partial charge is 0.502 e. The first-order valence-corrected chi connectivity index (χ1v) is 8.67. The number of phenols is 1. The van der Waals surface area contributed by atoms with E-state index < -0.39 is 5.97 Å². The van der Waals surface area contributed by atoms with Crippen molar-refractivity contribution in [2.24, 2.45) is 0 Å². The third kappa shape index (κ3) is 3.41. The number of rotatable bonds is 6. The highest BCUT2D eigenvalue weighted by atomic mass is 16.5. The van der Waals surface area contributed by atoms with Gasteiger partial charge in [-0.3, -0.25) is 4.79 Å². The Bertz CT molecular complexity index is 975. The Morgan fingerprint density at radius 1 is 1.00 bits per heavy atom. The van der Waals surface area contributed by atoms with Gasteiger partial charge in [0.05, 0.1) is 27.8 Å². The fraction of sp³-hybridized carbons (Fsp3) is 0.227. The molecule has 0 atom stereocenters. The van der Waals surface area contributed by atoms with Gasteiger partial charge in [-0.15, -0.1) is 0 Å². The summed E-state index contributed by atoms with van der Waals surface area (Å²) in [5, 5.41) is 19.5. The standard InChI is InChI=1S/C22H22O6/c1-12-16(7-13-8-19(27-3)22(25)20(9-13)28-4)15-6-5-14(26-2)10-18(15)17(12)11-21(23)24/h5-10,25H,11H2,1-4H3,(H,23,24). The Hall–Kier alpha value is -3.41. The van der Waals surface area contributed by atoms with Gasteiger partial charge in [0.15, 0.2) is 11.5 Å². The topological polar surface area (TPSA) is 85.2 Å². The van der Waals surface area contributed by atoms with E-state index in [4.69, 9.17) is 14.2 Å². The van der Waals surface area contributed by atoms with Crippen LogP contribution in [-0.4, -0.2) is 37.5 Å². The van der Waals surface area contributed by atoms with Crippen LogP contribution >= 0.6 is 0 Å². The van der Waals surface area contributed by atoms with Gasteiger partial charge in [-0.25, -0.2) is 0 Å². The van der Waals surface area contributed by atoms with Crippen LogP contribution in [0, 0.1) is 0 Å². The van der Waals surface area contributed by atoms with Crippen LogP contribution in [0.2, 0.25) is 0 Å². The molecule has 6 nitrogen and oxygen atoms in total. The first kappa shape index (κ1) is 19.4. The minimum absolute atomic E-state index is 0.0671. The Morgan fingerprint density at radius 3 is 2.18 bits per heavy atom. The smallest absolute Gasteiger partial charge is 0.307 e. The van der Waals surface area contributed by atoms with Crippen LogP contribution in [0.1, 0.15) is 30.0 Å². The monoisotopic (exact) mass is 382 g/mol. The summed E-state index contributed by atoms with van der Waals surface area (Å²) in [4.78, 5) is 11.4. The third-order valence-corrected chi connectivity index (χ3v) is 4.84. The maximum absolute atomic E-state index is 11.4. The number of benzene rings is 2. The molecule has 2 aromatic carbocycles. The number of carbonyl (C=O) groups is 1. The maximum atomic E-state index is 11.4. The highest BCUT2D eigenvalue weighted by molar-refractivity contribution is 6.07. The van der Waals surface area contributed by atoms with Crippen LogP contribution in [0.4, 0.5) is 0 Å². The molecule has 2 N–H and O–H groups in total. The zero-order valence-electron chi connectivity index (χ0n) is 16.2. The van der Waals surface area contributed by atoms with Crippen molar-refractivity contribution < 1.29 is 29.2 Å². The summed E-state index contributed by atoms with van der Waals surface area (Å²) in [6, 6.07) is 9.04. The lowest BCUT2D eigenvalue weighted by molar-refractivity contribution is -0.135. The molecule has 1 aliphatic carbocycles. The second kappa shape index (κ2) is 7.68. The van der Waals surface area contributed by atoms with Crippen molar-refractivity contribution in [2.45, 2.75) is 13.3 Å². The molecule has 6 heteroatoms. The van der Waals surface area contributed by atoms with Gasteiger partial charge >= 0.3 is 5.97 Å². The molecule has 0 aliphatic heterocycles. The van der Waals surface area contributed by atoms with Crippen molar-refractivity contribution in [3.8, 4) is 23.0 Å². The van der Waals surface area contributed by atoms with E-state index in [9.17, 15) is 15.0 Å². The first-order chi connectivity index (χ1) is 13.4. The summed E-state index contributed by atoms with van der Waals surface area (Å²) in [7, 11) is 4.52. The zero-order valence-corrected chi connectivity index (χ0v) is 16.2. The van der Waals surface area contributed by atoms with Gasteiger partial charge in [-0.1, -0.05) is 6.07 Å². The lowest BCUT2D eigenvalue weighted by Gasteiger charge is -2.11. The third-order valence-electron chi connectivity index (χ3n) is 4.84. The molecule has 0 amide bonds. The highest BCUT2D eigenvalue weighted by Gasteiger charge is 2.26. The van der Waals surface area contributed by atoms with Gasteiger partial charge < -0.3 is 24.4 Å². The van der Waals surface area contributed by atoms with Crippen molar-refractivity contribution in [2.75, 3.05) is 21.3 Å².